The summed E-state index contributed by atoms with van der Waals surface area (Å²) in [5, 5.41) is 0.805. The van der Waals surface area contributed by atoms with Crippen molar-refractivity contribution in [3.63, 3.8) is 0 Å². The number of nitrogens with zero attached hydrogens (tertiary/aromatic N) is 3. The van der Waals surface area contributed by atoms with Crippen molar-refractivity contribution >= 4 is 28.7 Å². The molecule has 0 aliphatic carbocycles. The lowest BCUT2D eigenvalue weighted by atomic mass is 10.2. The molecule has 3 aromatic rings. The third kappa shape index (κ3) is 4.26. The molecule has 0 bridgehead atoms. The Morgan fingerprint density at radius 1 is 1.14 bits per heavy atom. The van der Waals surface area contributed by atoms with E-state index >= 15 is 0 Å². The molecule has 1 aromatic heterocycles. The van der Waals surface area contributed by atoms with Crippen LogP contribution in [-0.2, 0) is 9.53 Å². The van der Waals surface area contributed by atoms with Gasteiger partial charge in [-0.25, -0.2) is 4.98 Å². The van der Waals surface area contributed by atoms with Crippen molar-refractivity contribution in [3.8, 4) is 11.4 Å². The number of ether oxygens (including phenoxy) is 2. The number of hydrogen-bond acceptors (Lipinski definition) is 5. The molecule has 2 aromatic carbocycles. The lowest BCUT2D eigenvalue weighted by molar-refractivity contribution is -0.140. The van der Waals surface area contributed by atoms with Crippen molar-refractivity contribution in [2.75, 3.05) is 26.0 Å². The van der Waals surface area contributed by atoms with E-state index in [0.29, 0.717) is 18.8 Å². The van der Waals surface area contributed by atoms with Gasteiger partial charge >= 0.3 is 0 Å². The van der Waals surface area contributed by atoms with Crippen molar-refractivity contribution in [3.05, 3.63) is 48.5 Å². The highest BCUT2D eigenvalue weighted by Gasteiger charge is 2.26. The summed E-state index contributed by atoms with van der Waals surface area (Å²) in [6, 6.07) is 15.9. The first-order valence-electron chi connectivity index (χ1n) is 9.73. The summed E-state index contributed by atoms with van der Waals surface area (Å²) in [7, 11) is 1.65. The highest BCUT2D eigenvalue weighted by atomic mass is 32.2. The van der Waals surface area contributed by atoms with Gasteiger partial charge in [0.2, 0.25) is 5.91 Å². The van der Waals surface area contributed by atoms with Gasteiger partial charge in [-0.2, -0.15) is 0 Å². The number of fused-ring (bicyclic) bond motifs is 1. The molecular formula is C22H25N3O3S. The summed E-state index contributed by atoms with van der Waals surface area (Å²) in [6.45, 7) is 5.29. The number of thioether (sulfide) groups is 1. The Balaban J connectivity index is 1.59. The minimum atomic E-state index is 0.0663. The molecule has 0 radical (unpaired) electrons. The van der Waals surface area contributed by atoms with Gasteiger partial charge in [0.25, 0.3) is 0 Å². The Morgan fingerprint density at radius 3 is 2.52 bits per heavy atom. The van der Waals surface area contributed by atoms with Gasteiger partial charge in [0.15, 0.2) is 5.16 Å². The molecule has 2 unspecified atom stereocenters. The van der Waals surface area contributed by atoms with E-state index in [9.17, 15) is 4.79 Å². The van der Waals surface area contributed by atoms with E-state index in [4.69, 9.17) is 14.5 Å². The van der Waals surface area contributed by atoms with E-state index in [1.807, 2.05) is 67.3 Å². The molecule has 1 aliphatic heterocycles. The average molecular weight is 412 g/mol. The maximum absolute atomic E-state index is 12.8. The fourth-order valence-electron chi connectivity index (χ4n) is 3.68. The molecule has 0 N–H and O–H groups in total. The summed E-state index contributed by atoms with van der Waals surface area (Å²) in [4.78, 5) is 19.5. The molecule has 6 nitrogen and oxygen atoms in total. The minimum absolute atomic E-state index is 0.0663. The van der Waals surface area contributed by atoms with E-state index < -0.39 is 0 Å². The van der Waals surface area contributed by atoms with Crippen LogP contribution < -0.4 is 4.74 Å². The minimum Gasteiger partial charge on any atom is -0.497 e. The first-order chi connectivity index (χ1) is 14.0. The molecule has 0 spiro atoms. The first-order valence-corrected chi connectivity index (χ1v) is 10.7. The molecule has 1 fully saturated rings. The summed E-state index contributed by atoms with van der Waals surface area (Å²) in [5.41, 5.74) is 2.91. The lowest BCUT2D eigenvalue weighted by Gasteiger charge is -2.35. The maximum atomic E-state index is 12.8. The second-order valence-corrected chi connectivity index (χ2v) is 8.20. The Labute approximate surface area is 174 Å². The van der Waals surface area contributed by atoms with Gasteiger partial charge in [0.05, 0.1) is 36.1 Å². The Kier molecular flexibility index (Phi) is 5.78. The summed E-state index contributed by atoms with van der Waals surface area (Å²) >= 11 is 1.47. The van der Waals surface area contributed by atoms with Crippen LogP contribution in [0.15, 0.2) is 53.7 Å². The van der Waals surface area contributed by atoms with Crippen molar-refractivity contribution in [1.29, 1.82) is 0 Å². The molecule has 7 heteroatoms. The molecule has 1 aliphatic rings. The second kappa shape index (κ2) is 8.47. The fraction of sp³-hybridized carbons (Fsp3) is 0.364. The number of carbonyl (C=O) groups is 1. The predicted octanol–water partition coefficient (Wildman–Crippen LogP) is 3.76. The van der Waals surface area contributed by atoms with Crippen LogP contribution in [0.5, 0.6) is 5.75 Å². The van der Waals surface area contributed by atoms with Crippen molar-refractivity contribution < 1.29 is 14.3 Å². The molecule has 1 amide bonds. The van der Waals surface area contributed by atoms with Crippen molar-refractivity contribution in [1.82, 2.24) is 14.5 Å². The van der Waals surface area contributed by atoms with Crippen molar-refractivity contribution in [2.45, 2.75) is 31.2 Å². The third-order valence-electron chi connectivity index (χ3n) is 4.96. The Morgan fingerprint density at radius 2 is 1.83 bits per heavy atom. The molecule has 2 atom stereocenters. The largest absolute Gasteiger partial charge is 0.497 e. The van der Waals surface area contributed by atoms with Gasteiger partial charge < -0.3 is 14.4 Å². The maximum Gasteiger partial charge on any atom is 0.233 e. The van der Waals surface area contributed by atoms with Gasteiger partial charge in [0.1, 0.15) is 5.75 Å². The van der Waals surface area contributed by atoms with E-state index in [-0.39, 0.29) is 18.1 Å². The number of morpholine rings is 1. The molecule has 29 heavy (non-hydrogen) atoms. The first kappa shape index (κ1) is 19.8. The number of hydrogen-bond donors (Lipinski definition) is 0. The normalized spacial score (nSPS) is 19.5. The Hall–Kier alpha value is -2.51. The molecule has 4 rings (SSSR count). The van der Waals surface area contributed by atoms with Gasteiger partial charge in [-0.15, -0.1) is 0 Å². The van der Waals surface area contributed by atoms with Crippen LogP contribution in [-0.4, -0.2) is 58.5 Å². The molecular weight excluding hydrogens is 386 g/mol. The number of carbonyl (C=O) groups excluding carboxylic acids is 1. The van der Waals surface area contributed by atoms with E-state index in [0.717, 1.165) is 27.6 Å². The van der Waals surface area contributed by atoms with Crippen molar-refractivity contribution in [2.24, 2.45) is 0 Å². The second-order valence-electron chi connectivity index (χ2n) is 7.26. The van der Waals surface area contributed by atoms with Crippen LogP contribution in [0.2, 0.25) is 0 Å². The highest BCUT2D eigenvalue weighted by molar-refractivity contribution is 7.99. The highest BCUT2D eigenvalue weighted by Crippen LogP contribution is 2.29. The quantitative estimate of drug-likeness (QED) is 0.599. The van der Waals surface area contributed by atoms with Gasteiger partial charge in [-0.3, -0.25) is 9.36 Å². The topological polar surface area (TPSA) is 56.6 Å². The Bertz CT molecular complexity index is 992. The van der Waals surface area contributed by atoms with E-state index in [2.05, 4.69) is 4.57 Å². The third-order valence-corrected chi connectivity index (χ3v) is 5.88. The monoisotopic (exact) mass is 411 g/mol. The standard InChI is InChI=1S/C22H25N3O3S/c1-15-12-24(13-16(2)28-15)21(26)14-29-22-23-19-6-4-5-7-20(19)25(22)17-8-10-18(27-3)11-9-17/h4-11,15-16H,12-14H2,1-3H3. The number of methoxy groups -OCH3 is 1. The van der Waals surface area contributed by atoms with Crippen LogP contribution >= 0.6 is 11.8 Å². The SMILES string of the molecule is COc1ccc(-n2c(SCC(=O)N3CC(C)OC(C)C3)nc3ccccc32)cc1. The number of amides is 1. The van der Waals surface area contributed by atoms with Gasteiger partial charge in [-0.05, 0) is 50.2 Å². The zero-order valence-corrected chi connectivity index (χ0v) is 17.7. The smallest absolute Gasteiger partial charge is 0.233 e. The fourth-order valence-corrected chi connectivity index (χ4v) is 4.61. The van der Waals surface area contributed by atoms with Gasteiger partial charge in [-0.1, -0.05) is 23.9 Å². The van der Waals surface area contributed by atoms with E-state index in [1.54, 1.807) is 7.11 Å². The summed E-state index contributed by atoms with van der Waals surface area (Å²) in [5.74, 6) is 1.27. The number of rotatable bonds is 5. The van der Waals surface area contributed by atoms with E-state index in [1.165, 1.54) is 11.8 Å². The van der Waals surface area contributed by atoms with Crippen LogP contribution in [0.25, 0.3) is 16.7 Å². The summed E-state index contributed by atoms with van der Waals surface area (Å²) in [6.07, 6.45) is 0.133. The van der Waals surface area contributed by atoms with Crippen LogP contribution in [0.1, 0.15) is 13.8 Å². The van der Waals surface area contributed by atoms with Gasteiger partial charge in [0, 0.05) is 18.8 Å². The number of para-hydroxylation sites is 2. The number of imidazole rings is 1. The molecule has 0 saturated carbocycles. The predicted molar refractivity (Wildman–Crippen MR) is 115 cm³/mol. The number of aromatic nitrogens is 2. The summed E-state index contributed by atoms with van der Waals surface area (Å²) < 4.78 is 13.1. The van der Waals surface area contributed by atoms with Crippen LogP contribution in [0.3, 0.4) is 0 Å². The molecule has 2 heterocycles. The average Bonchev–Trinajstić information content (AvgIpc) is 3.09. The zero-order chi connectivity index (χ0) is 20.4. The van der Waals surface area contributed by atoms with Crippen LogP contribution in [0, 0.1) is 0 Å². The molecule has 152 valence electrons. The molecule has 1 saturated heterocycles. The zero-order valence-electron chi connectivity index (χ0n) is 16.9. The lowest BCUT2D eigenvalue weighted by Crippen LogP contribution is -2.48. The number of benzene rings is 2. The van der Waals surface area contributed by atoms with Crippen LogP contribution in [0.4, 0.5) is 0 Å².